The smallest absolute Gasteiger partial charge is 0.160 e. The van der Waals surface area contributed by atoms with E-state index in [9.17, 15) is 0 Å². The molecule has 6 rings (SSSR count). The van der Waals surface area contributed by atoms with Crippen molar-refractivity contribution in [3.63, 3.8) is 0 Å². The van der Waals surface area contributed by atoms with Crippen molar-refractivity contribution in [2.45, 2.75) is 0 Å². The summed E-state index contributed by atoms with van der Waals surface area (Å²) in [7, 11) is 0. The van der Waals surface area contributed by atoms with Crippen LogP contribution in [0.4, 0.5) is 17.1 Å². The number of nitrogens with zero attached hydrogens (tertiary/aromatic N) is 3. The van der Waals surface area contributed by atoms with Gasteiger partial charge in [-0.3, -0.25) is 0 Å². The molecule has 0 aliphatic heterocycles. The second-order valence-electron chi connectivity index (χ2n) is 9.17. The van der Waals surface area contributed by atoms with Crippen LogP contribution in [-0.2, 0) is 0 Å². The highest BCUT2D eigenvalue weighted by molar-refractivity contribution is 5.78. The molecule has 3 nitrogen and oxygen atoms in total. The van der Waals surface area contributed by atoms with Crippen LogP contribution in [0.1, 0.15) is 11.3 Å². The largest absolute Gasteiger partial charge is 0.311 e. The Balaban J connectivity index is 1.32. The van der Waals surface area contributed by atoms with Crippen LogP contribution in [0.2, 0.25) is 0 Å². The lowest BCUT2D eigenvalue weighted by atomic mass is 10.1. The normalized spacial score (nSPS) is 11.0. The van der Waals surface area contributed by atoms with E-state index in [0.717, 1.165) is 45.1 Å². The van der Waals surface area contributed by atoms with Crippen molar-refractivity contribution in [2.24, 2.45) is 0 Å². The third-order valence-electron chi connectivity index (χ3n) is 6.47. The lowest BCUT2D eigenvalue weighted by molar-refractivity contribution is 1.16. The van der Waals surface area contributed by atoms with Gasteiger partial charge >= 0.3 is 0 Å². The summed E-state index contributed by atoms with van der Waals surface area (Å²) < 4.78 is 0. The number of aromatic nitrogens is 2. The molecule has 0 spiro atoms. The SMILES string of the molecule is C(=C\c1cc(-c2ccccc2)nc(-c2ccccc2)n1)/c1ccc(N(c2ccccc2)c2ccccc2)cc1. The minimum atomic E-state index is 0.716. The van der Waals surface area contributed by atoms with Gasteiger partial charge in [-0.25, -0.2) is 9.97 Å². The van der Waals surface area contributed by atoms with Gasteiger partial charge in [0.2, 0.25) is 0 Å². The second-order valence-corrected chi connectivity index (χ2v) is 9.17. The zero-order chi connectivity index (χ0) is 26.3. The Morgan fingerprint density at radius 1 is 0.436 bits per heavy atom. The Bertz CT molecular complexity index is 1570. The van der Waals surface area contributed by atoms with Crippen molar-refractivity contribution in [2.75, 3.05) is 4.90 Å². The van der Waals surface area contributed by atoms with Crippen LogP contribution < -0.4 is 4.90 Å². The molecule has 0 saturated carbocycles. The fraction of sp³-hybridized carbons (Fsp3) is 0. The molecule has 39 heavy (non-hydrogen) atoms. The van der Waals surface area contributed by atoms with Crippen molar-refractivity contribution in [1.82, 2.24) is 9.97 Å². The Labute approximate surface area is 229 Å². The van der Waals surface area contributed by atoms with Gasteiger partial charge in [0.1, 0.15) is 0 Å². The van der Waals surface area contributed by atoms with Gasteiger partial charge in [0, 0.05) is 28.2 Å². The van der Waals surface area contributed by atoms with E-state index in [1.54, 1.807) is 0 Å². The standard InChI is InChI=1S/C36H27N3/c1-5-13-29(14-6-1)35-27-31(37-36(38-35)30-15-7-2-8-16-30)24-21-28-22-25-34(26-23-28)39(32-17-9-3-10-18-32)33-19-11-4-12-20-33/h1-27H/b24-21+. The average Bonchev–Trinajstić information content (AvgIpc) is 3.03. The van der Waals surface area contributed by atoms with Crippen molar-refractivity contribution in [3.05, 3.63) is 163 Å². The molecule has 0 atom stereocenters. The highest BCUT2D eigenvalue weighted by atomic mass is 15.1. The molecular weight excluding hydrogens is 474 g/mol. The van der Waals surface area contributed by atoms with E-state index < -0.39 is 0 Å². The molecule has 0 saturated heterocycles. The lowest BCUT2D eigenvalue weighted by Gasteiger charge is -2.25. The van der Waals surface area contributed by atoms with Gasteiger partial charge in [0.15, 0.2) is 5.82 Å². The molecule has 6 aromatic rings. The predicted octanol–water partition coefficient (Wildman–Crippen LogP) is 9.45. The van der Waals surface area contributed by atoms with E-state index in [1.807, 2.05) is 66.7 Å². The van der Waals surface area contributed by atoms with Crippen molar-refractivity contribution in [3.8, 4) is 22.6 Å². The summed E-state index contributed by atoms with van der Waals surface area (Å²) in [4.78, 5) is 12.0. The van der Waals surface area contributed by atoms with E-state index in [-0.39, 0.29) is 0 Å². The zero-order valence-corrected chi connectivity index (χ0v) is 21.4. The van der Waals surface area contributed by atoms with Crippen LogP contribution in [0.3, 0.4) is 0 Å². The third-order valence-corrected chi connectivity index (χ3v) is 6.47. The second kappa shape index (κ2) is 11.4. The molecule has 0 bridgehead atoms. The minimum absolute atomic E-state index is 0.716. The van der Waals surface area contributed by atoms with Crippen LogP contribution in [-0.4, -0.2) is 9.97 Å². The van der Waals surface area contributed by atoms with E-state index >= 15 is 0 Å². The maximum Gasteiger partial charge on any atom is 0.160 e. The first-order chi connectivity index (χ1) is 19.3. The van der Waals surface area contributed by atoms with Crippen molar-refractivity contribution >= 4 is 29.2 Å². The number of rotatable bonds is 7. The molecule has 5 aromatic carbocycles. The first-order valence-corrected chi connectivity index (χ1v) is 13.0. The summed E-state index contributed by atoms with van der Waals surface area (Å²) in [6, 6.07) is 51.9. The fourth-order valence-electron chi connectivity index (χ4n) is 4.54. The summed E-state index contributed by atoms with van der Waals surface area (Å²) in [6.45, 7) is 0. The molecule has 0 fully saturated rings. The van der Waals surface area contributed by atoms with Gasteiger partial charge in [-0.2, -0.15) is 0 Å². The molecule has 0 radical (unpaired) electrons. The van der Waals surface area contributed by atoms with Gasteiger partial charge in [-0.15, -0.1) is 0 Å². The van der Waals surface area contributed by atoms with E-state index in [0.29, 0.717) is 5.82 Å². The molecule has 0 unspecified atom stereocenters. The molecule has 0 aliphatic carbocycles. The van der Waals surface area contributed by atoms with Crippen LogP contribution in [0, 0.1) is 0 Å². The maximum absolute atomic E-state index is 4.87. The van der Waals surface area contributed by atoms with Gasteiger partial charge in [0.05, 0.1) is 11.4 Å². The highest BCUT2D eigenvalue weighted by Crippen LogP contribution is 2.34. The van der Waals surface area contributed by atoms with Gasteiger partial charge in [0.25, 0.3) is 0 Å². The highest BCUT2D eigenvalue weighted by Gasteiger charge is 2.11. The summed E-state index contributed by atoms with van der Waals surface area (Å²) in [6.07, 6.45) is 4.16. The van der Waals surface area contributed by atoms with E-state index in [4.69, 9.17) is 9.97 Å². The number of hydrogen-bond donors (Lipinski definition) is 0. The topological polar surface area (TPSA) is 29.0 Å². The first-order valence-electron chi connectivity index (χ1n) is 13.0. The Morgan fingerprint density at radius 2 is 0.923 bits per heavy atom. The molecule has 1 aromatic heterocycles. The zero-order valence-electron chi connectivity index (χ0n) is 21.4. The number of hydrogen-bond acceptors (Lipinski definition) is 3. The van der Waals surface area contributed by atoms with Crippen LogP contribution in [0.15, 0.2) is 152 Å². The summed E-state index contributed by atoms with van der Waals surface area (Å²) >= 11 is 0. The first kappa shape index (κ1) is 24.1. The third kappa shape index (κ3) is 5.68. The number of para-hydroxylation sites is 2. The van der Waals surface area contributed by atoms with Gasteiger partial charge in [-0.05, 0) is 54.1 Å². The quantitative estimate of drug-likeness (QED) is 0.218. The van der Waals surface area contributed by atoms with Crippen LogP contribution in [0.5, 0.6) is 0 Å². The summed E-state index contributed by atoms with van der Waals surface area (Å²) in [5.41, 5.74) is 8.27. The molecule has 0 N–H and O–H groups in total. The average molecular weight is 502 g/mol. The van der Waals surface area contributed by atoms with Crippen molar-refractivity contribution in [1.29, 1.82) is 0 Å². The number of benzene rings is 5. The Kier molecular flexibility index (Phi) is 7.04. The minimum Gasteiger partial charge on any atom is -0.311 e. The van der Waals surface area contributed by atoms with E-state index in [1.165, 1.54) is 0 Å². The molecule has 3 heteroatoms. The van der Waals surface area contributed by atoms with Crippen LogP contribution >= 0.6 is 0 Å². The van der Waals surface area contributed by atoms with Gasteiger partial charge < -0.3 is 4.90 Å². The molecule has 1 heterocycles. The lowest BCUT2D eigenvalue weighted by Crippen LogP contribution is -2.09. The summed E-state index contributed by atoms with van der Waals surface area (Å²) in [5.74, 6) is 0.716. The summed E-state index contributed by atoms with van der Waals surface area (Å²) in [5, 5.41) is 0. The Morgan fingerprint density at radius 3 is 1.49 bits per heavy atom. The predicted molar refractivity (Wildman–Crippen MR) is 163 cm³/mol. The Hall–Kier alpha value is -5.28. The van der Waals surface area contributed by atoms with E-state index in [2.05, 4.69) is 102 Å². The van der Waals surface area contributed by atoms with Crippen LogP contribution in [0.25, 0.3) is 34.8 Å². The molecular formula is C36H27N3. The number of anilines is 3. The van der Waals surface area contributed by atoms with Crippen molar-refractivity contribution < 1.29 is 0 Å². The maximum atomic E-state index is 4.87. The molecule has 0 aliphatic rings. The monoisotopic (exact) mass is 501 g/mol. The van der Waals surface area contributed by atoms with Gasteiger partial charge in [-0.1, -0.05) is 115 Å². The fourth-order valence-corrected chi connectivity index (χ4v) is 4.54. The molecule has 0 amide bonds. The molecule has 186 valence electrons.